The van der Waals surface area contributed by atoms with Crippen LogP contribution >= 0.6 is 0 Å². The molecule has 1 amide bonds. The van der Waals surface area contributed by atoms with Crippen molar-refractivity contribution in [1.82, 2.24) is 9.80 Å². The number of hydrogen-bond acceptors (Lipinski definition) is 7. The third-order valence-corrected chi connectivity index (χ3v) is 8.07. The van der Waals surface area contributed by atoms with Gasteiger partial charge in [0.1, 0.15) is 23.1 Å². The molecule has 4 rings (SSSR count). The van der Waals surface area contributed by atoms with Gasteiger partial charge in [-0.15, -0.1) is 0 Å². The molecule has 0 unspecified atom stereocenters. The first kappa shape index (κ1) is 45.8. The van der Waals surface area contributed by atoms with Crippen molar-refractivity contribution in [1.29, 1.82) is 0 Å². The maximum absolute atomic E-state index is 14.8. The molecule has 0 spiro atoms. The summed E-state index contributed by atoms with van der Waals surface area (Å²) < 4.78 is 41.4. The molecule has 2 aliphatic rings. The second-order valence-electron chi connectivity index (χ2n) is 12.1. The summed E-state index contributed by atoms with van der Waals surface area (Å²) in [6, 6.07) is 10.9. The molecule has 2 aromatic rings. The van der Waals surface area contributed by atoms with Crippen LogP contribution in [0.15, 0.2) is 65.5 Å². The molecule has 1 N–H and O–H groups in total. The molecule has 290 valence electrons. The van der Waals surface area contributed by atoms with Gasteiger partial charge in [-0.05, 0) is 37.1 Å². The molecule has 1 saturated heterocycles. The molecular weight excluding hydrogens is 664 g/mol. The summed E-state index contributed by atoms with van der Waals surface area (Å²) in [5.41, 5.74) is 2.16. The van der Waals surface area contributed by atoms with Crippen LogP contribution in [0.4, 0.5) is 20.2 Å². The number of alkyl halides is 2. The summed E-state index contributed by atoms with van der Waals surface area (Å²) in [6.45, 7) is 24.2. The number of ketones is 1. The summed E-state index contributed by atoms with van der Waals surface area (Å²) >= 11 is 0. The lowest BCUT2D eigenvalue weighted by Gasteiger charge is -2.35. The van der Waals surface area contributed by atoms with E-state index in [1.54, 1.807) is 38.1 Å². The number of piperazine rings is 1. The third-order valence-electron chi connectivity index (χ3n) is 8.07. The molecule has 0 bridgehead atoms. The van der Waals surface area contributed by atoms with E-state index in [4.69, 9.17) is 9.47 Å². The highest BCUT2D eigenvalue weighted by molar-refractivity contribution is 6.01. The Labute approximate surface area is 311 Å². The molecule has 52 heavy (non-hydrogen) atoms. The highest BCUT2D eigenvalue weighted by Gasteiger charge is 2.33. The predicted octanol–water partition coefficient (Wildman–Crippen LogP) is 9.59. The average molecular weight is 728 g/mol. The smallest absolute Gasteiger partial charge is 0.275 e. The fourth-order valence-corrected chi connectivity index (χ4v) is 5.37. The number of benzene rings is 2. The van der Waals surface area contributed by atoms with Crippen LogP contribution in [0.1, 0.15) is 104 Å². The SMILES string of the molecule is C=C/C(=C(\N=C(/CCC)Nc1ccc(N2CCN(CC(C)=O)CC2)cc1OC)Oc1cccc2c1C(=O)N(C)C2)C(C)(F)F.CC.CC.CCCC. The lowest BCUT2D eigenvalue weighted by Crippen LogP contribution is -2.47. The summed E-state index contributed by atoms with van der Waals surface area (Å²) in [6.07, 6.45) is 4.76. The summed E-state index contributed by atoms with van der Waals surface area (Å²) in [5, 5.41) is 3.27. The van der Waals surface area contributed by atoms with Gasteiger partial charge in [0, 0.05) is 64.9 Å². The van der Waals surface area contributed by atoms with E-state index in [-0.39, 0.29) is 23.3 Å². The van der Waals surface area contributed by atoms with E-state index in [2.05, 4.69) is 40.5 Å². The van der Waals surface area contributed by atoms with Crippen LogP contribution in [0.5, 0.6) is 11.5 Å². The number of carbonyl (C=O) groups excluding carboxylic acids is 2. The van der Waals surface area contributed by atoms with Crippen LogP contribution in [0.3, 0.4) is 0 Å². The lowest BCUT2D eigenvalue weighted by atomic mass is 10.1. The van der Waals surface area contributed by atoms with Crippen LogP contribution in [0.25, 0.3) is 0 Å². The minimum Gasteiger partial charge on any atom is -0.494 e. The molecule has 11 heteroatoms. The van der Waals surface area contributed by atoms with Crippen molar-refractivity contribution in [3.63, 3.8) is 0 Å². The molecule has 0 aromatic heterocycles. The molecule has 2 aliphatic heterocycles. The number of carbonyl (C=O) groups is 2. The fraction of sp³-hybridized carbons (Fsp3) is 0.537. The van der Waals surface area contributed by atoms with Crippen molar-refractivity contribution in [2.24, 2.45) is 4.99 Å². The Morgan fingerprint density at radius 2 is 1.63 bits per heavy atom. The summed E-state index contributed by atoms with van der Waals surface area (Å²) in [7, 11) is 3.24. The standard InChI is InChI=1S/C33H41F2N5O4.C4H10.2C2H6/c1-7-10-29(36-26-14-13-24(19-28(26)43-6)40-17-15-39(16-18-40)20-22(3)41)37-31(25(8-2)33(4,34)35)44-27-12-9-11-23-21-38(5)32(42)30(23)27;1-3-4-2;2*1-2/h8-9,11-14,19H,2,7,10,15-18,20-21H2,1,3-6H3,(H,36,37);3-4H2,1-2H3;2*1-2H3/b31-25-;;;. The van der Waals surface area contributed by atoms with Gasteiger partial charge < -0.3 is 24.6 Å². The monoisotopic (exact) mass is 727 g/mol. The van der Waals surface area contributed by atoms with Gasteiger partial charge in [0.2, 0.25) is 5.88 Å². The van der Waals surface area contributed by atoms with Gasteiger partial charge in [-0.1, -0.05) is 86.1 Å². The number of nitrogens with one attached hydrogen (secondary N) is 1. The topological polar surface area (TPSA) is 86.7 Å². The third kappa shape index (κ3) is 13.4. The van der Waals surface area contributed by atoms with Gasteiger partial charge in [0.15, 0.2) is 0 Å². The molecule has 0 atom stereocenters. The average Bonchev–Trinajstić information content (AvgIpc) is 3.43. The predicted molar refractivity (Wildman–Crippen MR) is 212 cm³/mol. The molecule has 9 nitrogen and oxygen atoms in total. The zero-order valence-corrected chi connectivity index (χ0v) is 33.5. The first-order chi connectivity index (χ1) is 24.9. The molecule has 0 aliphatic carbocycles. The number of anilines is 2. The number of fused-ring (bicyclic) bond motifs is 1. The lowest BCUT2D eigenvalue weighted by molar-refractivity contribution is -0.118. The van der Waals surface area contributed by atoms with E-state index in [9.17, 15) is 18.4 Å². The van der Waals surface area contributed by atoms with Gasteiger partial charge in [-0.3, -0.25) is 14.5 Å². The van der Waals surface area contributed by atoms with E-state index in [1.165, 1.54) is 12.8 Å². The van der Waals surface area contributed by atoms with E-state index < -0.39 is 11.5 Å². The number of Topliss-reactive ketones (excluding diaryl/α,β-unsaturated/α-hetero) is 1. The number of amides is 1. The highest BCUT2D eigenvalue weighted by Crippen LogP contribution is 2.35. The van der Waals surface area contributed by atoms with Gasteiger partial charge >= 0.3 is 0 Å². The van der Waals surface area contributed by atoms with Crippen molar-refractivity contribution in [2.45, 2.75) is 100 Å². The molecular formula is C41H63F2N5O4. The minimum atomic E-state index is -3.32. The largest absolute Gasteiger partial charge is 0.494 e. The van der Waals surface area contributed by atoms with Crippen molar-refractivity contribution in [3.05, 3.63) is 71.6 Å². The first-order valence-corrected chi connectivity index (χ1v) is 18.7. The second-order valence-corrected chi connectivity index (χ2v) is 12.1. The zero-order chi connectivity index (χ0) is 39.4. The Balaban J connectivity index is 0.00000155. The van der Waals surface area contributed by atoms with Crippen LogP contribution in [-0.2, 0) is 11.3 Å². The van der Waals surface area contributed by atoms with Crippen LogP contribution in [0, 0.1) is 0 Å². The Morgan fingerprint density at radius 3 is 2.15 bits per heavy atom. The van der Waals surface area contributed by atoms with Crippen LogP contribution in [-0.4, -0.2) is 80.1 Å². The number of halogens is 2. The van der Waals surface area contributed by atoms with Crippen molar-refractivity contribution >= 4 is 28.9 Å². The number of aliphatic imine (C=N–C) groups is 1. The number of methoxy groups -OCH3 is 1. The number of hydrogen-bond donors (Lipinski definition) is 1. The zero-order valence-electron chi connectivity index (χ0n) is 33.5. The van der Waals surface area contributed by atoms with E-state index >= 15 is 0 Å². The van der Waals surface area contributed by atoms with E-state index in [1.807, 2.05) is 58.9 Å². The van der Waals surface area contributed by atoms with E-state index in [0.717, 1.165) is 50.4 Å². The minimum absolute atomic E-state index is 0.153. The summed E-state index contributed by atoms with van der Waals surface area (Å²) in [5.74, 6) is -2.67. The number of amidine groups is 1. The molecule has 2 heterocycles. The molecule has 2 aromatic carbocycles. The Bertz CT molecular complexity index is 1490. The van der Waals surface area contributed by atoms with Crippen LogP contribution in [0.2, 0.25) is 0 Å². The number of ether oxygens (including phenoxy) is 2. The molecule has 0 radical (unpaired) electrons. The number of unbranched alkanes of at least 4 members (excludes halogenated alkanes) is 1. The molecule has 0 saturated carbocycles. The Kier molecular flexibility index (Phi) is 20.5. The maximum Gasteiger partial charge on any atom is 0.275 e. The van der Waals surface area contributed by atoms with Crippen molar-refractivity contribution in [3.8, 4) is 11.5 Å². The van der Waals surface area contributed by atoms with Crippen molar-refractivity contribution in [2.75, 3.05) is 57.1 Å². The van der Waals surface area contributed by atoms with Gasteiger partial charge in [-0.2, -0.15) is 4.99 Å². The molecule has 1 fully saturated rings. The highest BCUT2D eigenvalue weighted by atomic mass is 19.3. The summed E-state index contributed by atoms with van der Waals surface area (Å²) in [4.78, 5) is 34.8. The second kappa shape index (κ2) is 23.3. The fourth-order valence-electron chi connectivity index (χ4n) is 5.37. The van der Waals surface area contributed by atoms with Gasteiger partial charge in [-0.25, -0.2) is 8.78 Å². The van der Waals surface area contributed by atoms with Crippen LogP contribution < -0.4 is 19.7 Å². The Hall–Kier alpha value is -4.25. The normalized spacial score (nSPS) is 14.7. The van der Waals surface area contributed by atoms with Gasteiger partial charge in [0.25, 0.3) is 11.8 Å². The Morgan fingerprint density at radius 1 is 1.00 bits per heavy atom. The maximum atomic E-state index is 14.8. The first-order valence-electron chi connectivity index (χ1n) is 18.7. The number of rotatable bonds is 13. The quantitative estimate of drug-likeness (QED) is 0.0952. The number of nitrogens with zero attached hydrogens (tertiary/aromatic N) is 4. The number of allylic oxidation sites excluding steroid dienone is 2. The van der Waals surface area contributed by atoms with E-state index in [0.29, 0.717) is 48.8 Å². The van der Waals surface area contributed by atoms with Crippen molar-refractivity contribution < 1.29 is 27.8 Å². The van der Waals surface area contributed by atoms with Gasteiger partial charge in [0.05, 0.1) is 30.5 Å².